The normalized spacial score (nSPS) is 10.8. The van der Waals surface area contributed by atoms with Crippen molar-refractivity contribution in [2.24, 2.45) is 0 Å². The van der Waals surface area contributed by atoms with E-state index in [0.717, 1.165) is 5.56 Å². The molecule has 7 heteroatoms. The molecular formula is C19H23N3O4. The Morgan fingerprint density at radius 2 is 2.04 bits per heavy atom. The standard InChI is InChI=1S/C19H23N3O4/c1-5-26-19(24)17-12-16(18(23)9-10-21(2)3)20-22(17)13-14-7-6-8-15(11-14)25-4/h6-12H,5,13H2,1-4H3/b10-9+. The molecule has 0 N–H and O–H groups in total. The van der Waals surface area contributed by atoms with Gasteiger partial charge in [0, 0.05) is 32.4 Å². The lowest BCUT2D eigenvalue weighted by atomic mass is 10.2. The zero-order valence-electron chi connectivity index (χ0n) is 15.4. The molecule has 0 fully saturated rings. The van der Waals surface area contributed by atoms with E-state index in [-0.39, 0.29) is 23.8 Å². The summed E-state index contributed by atoms with van der Waals surface area (Å²) in [6, 6.07) is 8.89. The van der Waals surface area contributed by atoms with Crippen molar-refractivity contribution in [2.75, 3.05) is 27.8 Å². The molecule has 0 amide bonds. The first-order valence-electron chi connectivity index (χ1n) is 8.21. The summed E-state index contributed by atoms with van der Waals surface area (Å²) in [5.41, 5.74) is 1.31. The smallest absolute Gasteiger partial charge is 0.356 e. The van der Waals surface area contributed by atoms with Crippen LogP contribution in [0.5, 0.6) is 5.75 Å². The second-order valence-electron chi connectivity index (χ2n) is 5.79. The van der Waals surface area contributed by atoms with Gasteiger partial charge in [-0.2, -0.15) is 5.10 Å². The van der Waals surface area contributed by atoms with Gasteiger partial charge < -0.3 is 14.4 Å². The first-order chi connectivity index (χ1) is 12.4. The van der Waals surface area contributed by atoms with Crippen LogP contribution in [-0.4, -0.2) is 54.2 Å². The molecule has 2 aromatic rings. The second kappa shape index (κ2) is 8.84. The Bertz CT molecular complexity index is 809. The van der Waals surface area contributed by atoms with E-state index in [4.69, 9.17) is 9.47 Å². The Morgan fingerprint density at radius 1 is 1.27 bits per heavy atom. The van der Waals surface area contributed by atoms with Crippen LogP contribution < -0.4 is 4.74 Å². The van der Waals surface area contributed by atoms with Gasteiger partial charge in [0.15, 0.2) is 0 Å². The molecule has 26 heavy (non-hydrogen) atoms. The van der Waals surface area contributed by atoms with Crippen molar-refractivity contribution in [3.8, 4) is 5.75 Å². The molecule has 7 nitrogen and oxygen atoms in total. The summed E-state index contributed by atoms with van der Waals surface area (Å²) in [4.78, 5) is 26.3. The summed E-state index contributed by atoms with van der Waals surface area (Å²) in [6.07, 6.45) is 3.04. The summed E-state index contributed by atoms with van der Waals surface area (Å²) in [6.45, 7) is 2.29. The molecule has 0 radical (unpaired) electrons. The van der Waals surface area contributed by atoms with Crippen molar-refractivity contribution in [1.82, 2.24) is 14.7 Å². The lowest BCUT2D eigenvalue weighted by molar-refractivity contribution is 0.0512. The summed E-state index contributed by atoms with van der Waals surface area (Å²) in [5, 5.41) is 4.30. The molecule has 138 valence electrons. The predicted octanol–water partition coefficient (Wildman–Crippen LogP) is 2.37. The van der Waals surface area contributed by atoms with Crippen LogP contribution in [-0.2, 0) is 11.3 Å². The van der Waals surface area contributed by atoms with Gasteiger partial charge in [0.05, 0.1) is 20.3 Å². The number of allylic oxidation sites excluding steroid dienone is 1. The van der Waals surface area contributed by atoms with E-state index < -0.39 is 5.97 Å². The molecule has 1 aromatic carbocycles. The van der Waals surface area contributed by atoms with Crippen molar-refractivity contribution in [3.63, 3.8) is 0 Å². The second-order valence-corrected chi connectivity index (χ2v) is 5.79. The number of carbonyl (C=O) groups is 2. The maximum atomic E-state index is 12.3. The third-order valence-corrected chi connectivity index (χ3v) is 3.51. The van der Waals surface area contributed by atoms with Gasteiger partial charge in [-0.15, -0.1) is 0 Å². The molecule has 0 saturated heterocycles. The van der Waals surface area contributed by atoms with E-state index >= 15 is 0 Å². The van der Waals surface area contributed by atoms with E-state index in [9.17, 15) is 9.59 Å². The van der Waals surface area contributed by atoms with E-state index in [1.54, 1.807) is 25.1 Å². The van der Waals surface area contributed by atoms with E-state index in [1.807, 2.05) is 38.4 Å². The quantitative estimate of drug-likeness (QED) is 0.410. The molecule has 0 unspecified atom stereocenters. The van der Waals surface area contributed by atoms with Crippen molar-refractivity contribution < 1.29 is 19.1 Å². The minimum Gasteiger partial charge on any atom is -0.497 e. The highest BCUT2D eigenvalue weighted by Crippen LogP contribution is 2.16. The average molecular weight is 357 g/mol. The van der Waals surface area contributed by atoms with Crippen LogP contribution in [0, 0.1) is 0 Å². The maximum absolute atomic E-state index is 12.3. The number of rotatable bonds is 8. The number of carbonyl (C=O) groups excluding carboxylic acids is 2. The van der Waals surface area contributed by atoms with Gasteiger partial charge in [0.2, 0.25) is 5.78 Å². The number of hydrogen-bond acceptors (Lipinski definition) is 6. The molecule has 1 heterocycles. The summed E-state index contributed by atoms with van der Waals surface area (Å²) in [7, 11) is 5.22. The van der Waals surface area contributed by atoms with E-state index in [0.29, 0.717) is 12.3 Å². The Hall–Kier alpha value is -3.09. The van der Waals surface area contributed by atoms with E-state index in [1.165, 1.54) is 16.8 Å². The molecule has 0 bridgehead atoms. The topological polar surface area (TPSA) is 73.7 Å². The number of esters is 1. The number of aromatic nitrogens is 2. The van der Waals surface area contributed by atoms with Crippen LogP contribution in [0.2, 0.25) is 0 Å². The fourth-order valence-electron chi connectivity index (χ4n) is 2.27. The number of ether oxygens (including phenoxy) is 2. The average Bonchev–Trinajstić information content (AvgIpc) is 3.04. The Kier molecular flexibility index (Phi) is 6.54. The molecule has 0 aliphatic carbocycles. The van der Waals surface area contributed by atoms with Gasteiger partial charge in [-0.1, -0.05) is 12.1 Å². The monoisotopic (exact) mass is 357 g/mol. The SMILES string of the molecule is CCOC(=O)c1cc(C(=O)/C=C/N(C)C)nn1Cc1cccc(OC)c1. The molecule has 1 aromatic heterocycles. The van der Waals surface area contributed by atoms with E-state index in [2.05, 4.69) is 5.10 Å². The number of methoxy groups -OCH3 is 1. The zero-order valence-corrected chi connectivity index (χ0v) is 15.4. The Morgan fingerprint density at radius 3 is 2.69 bits per heavy atom. The molecule has 2 rings (SSSR count). The van der Waals surface area contributed by atoms with Gasteiger partial charge in [0.25, 0.3) is 0 Å². The third kappa shape index (κ3) is 4.95. The predicted molar refractivity (Wildman–Crippen MR) is 97.4 cm³/mol. The highest BCUT2D eigenvalue weighted by atomic mass is 16.5. The summed E-state index contributed by atoms with van der Waals surface area (Å²) < 4.78 is 11.8. The lowest BCUT2D eigenvalue weighted by Gasteiger charge is -2.08. The molecule has 0 aliphatic rings. The summed E-state index contributed by atoms with van der Waals surface area (Å²) in [5.74, 6) is -0.0928. The molecule has 0 aliphatic heterocycles. The number of hydrogen-bond donors (Lipinski definition) is 0. The minimum absolute atomic E-state index is 0.189. The fraction of sp³-hybridized carbons (Fsp3) is 0.316. The molecule has 0 saturated carbocycles. The van der Waals surface area contributed by atoms with Crippen molar-refractivity contribution in [2.45, 2.75) is 13.5 Å². The Labute approximate surface area is 152 Å². The maximum Gasteiger partial charge on any atom is 0.356 e. The van der Waals surface area contributed by atoms with Crippen LogP contribution >= 0.6 is 0 Å². The van der Waals surface area contributed by atoms with Gasteiger partial charge in [-0.25, -0.2) is 4.79 Å². The molecule has 0 spiro atoms. The third-order valence-electron chi connectivity index (χ3n) is 3.51. The highest BCUT2D eigenvalue weighted by Gasteiger charge is 2.19. The largest absolute Gasteiger partial charge is 0.497 e. The minimum atomic E-state index is -0.515. The summed E-state index contributed by atoms with van der Waals surface area (Å²) >= 11 is 0. The van der Waals surface area contributed by atoms with Crippen LogP contribution in [0.25, 0.3) is 0 Å². The van der Waals surface area contributed by atoms with Crippen LogP contribution in [0.3, 0.4) is 0 Å². The van der Waals surface area contributed by atoms with Crippen LogP contribution in [0.1, 0.15) is 33.5 Å². The first kappa shape index (κ1) is 19.2. The van der Waals surface area contributed by atoms with Crippen molar-refractivity contribution in [1.29, 1.82) is 0 Å². The van der Waals surface area contributed by atoms with Crippen LogP contribution in [0.4, 0.5) is 0 Å². The number of benzene rings is 1. The zero-order chi connectivity index (χ0) is 19.1. The number of nitrogens with zero attached hydrogens (tertiary/aromatic N) is 3. The first-order valence-corrected chi connectivity index (χ1v) is 8.21. The van der Waals surface area contributed by atoms with Gasteiger partial charge in [-0.3, -0.25) is 9.48 Å². The van der Waals surface area contributed by atoms with Crippen LogP contribution in [0.15, 0.2) is 42.6 Å². The van der Waals surface area contributed by atoms with Crippen molar-refractivity contribution >= 4 is 11.8 Å². The highest BCUT2D eigenvalue weighted by molar-refractivity contribution is 6.04. The Balaban J connectivity index is 2.35. The number of ketones is 1. The molecule has 0 atom stereocenters. The van der Waals surface area contributed by atoms with Crippen molar-refractivity contribution in [3.05, 3.63) is 59.6 Å². The van der Waals surface area contributed by atoms with Gasteiger partial charge in [0.1, 0.15) is 17.1 Å². The fourth-order valence-corrected chi connectivity index (χ4v) is 2.27. The van der Waals surface area contributed by atoms with Gasteiger partial charge >= 0.3 is 5.97 Å². The molecular weight excluding hydrogens is 334 g/mol. The lowest BCUT2D eigenvalue weighted by Crippen LogP contribution is -2.14. The van der Waals surface area contributed by atoms with Gasteiger partial charge in [-0.05, 0) is 24.6 Å².